The standard InChI is InChI=1S/C14H18N2O4/c17-13(18)12-8-4-5-9-16(12)14(19)15-20-10-11-6-2-1-3-7-11/h1-3,6-7,12H,4-5,8-10H2,(H,15,19)(H,17,18)/t12-/m1/s1. The Morgan fingerprint density at radius 1 is 1.30 bits per heavy atom. The fourth-order valence-corrected chi connectivity index (χ4v) is 2.25. The molecule has 108 valence electrons. The molecule has 1 aromatic carbocycles. The minimum absolute atomic E-state index is 0.248. The number of likely N-dealkylation sites (tertiary alicyclic amines) is 1. The van der Waals surface area contributed by atoms with Crippen LogP contribution in [0.2, 0.25) is 0 Å². The lowest BCUT2D eigenvalue weighted by Gasteiger charge is -2.32. The molecule has 1 heterocycles. The molecule has 0 unspecified atom stereocenters. The van der Waals surface area contributed by atoms with Crippen LogP contribution in [0.5, 0.6) is 0 Å². The highest BCUT2D eigenvalue weighted by Crippen LogP contribution is 2.17. The third kappa shape index (κ3) is 3.71. The van der Waals surface area contributed by atoms with Crippen LogP contribution < -0.4 is 5.48 Å². The molecular weight excluding hydrogens is 260 g/mol. The number of carbonyl (C=O) groups excluding carboxylic acids is 1. The summed E-state index contributed by atoms with van der Waals surface area (Å²) in [7, 11) is 0. The maximum atomic E-state index is 11.9. The van der Waals surface area contributed by atoms with E-state index >= 15 is 0 Å². The quantitative estimate of drug-likeness (QED) is 0.823. The smallest absolute Gasteiger partial charge is 0.342 e. The lowest BCUT2D eigenvalue weighted by molar-refractivity contribution is -0.143. The van der Waals surface area contributed by atoms with Gasteiger partial charge in [0, 0.05) is 6.54 Å². The van der Waals surface area contributed by atoms with E-state index in [1.54, 1.807) is 0 Å². The van der Waals surface area contributed by atoms with Crippen molar-refractivity contribution in [3.63, 3.8) is 0 Å². The number of hydrogen-bond donors (Lipinski definition) is 2. The van der Waals surface area contributed by atoms with Gasteiger partial charge in [-0.25, -0.2) is 15.1 Å². The average Bonchev–Trinajstić information content (AvgIpc) is 2.48. The number of amides is 2. The summed E-state index contributed by atoms with van der Waals surface area (Å²) >= 11 is 0. The molecule has 6 heteroatoms. The number of hydrogen-bond acceptors (Lipinski definition) is 3. The van der Waals surface area contributed by atoms with Gasteiger partial charge in [-0.15, -0.1) is 0 Å². The number of benzene rings is 1. The Morgan fingerprint density at radius 3 is 2.75 bits per heavy atom. The van der Waals surface area contributed by atoms with Crippen molar-refractivity contribution in [3.8, 4) is 0 Å². The van der Waals surface area contributed by atoms with Crippen molar-refractivity contribution in [1.82, 2.24) is 10.4 Å². The van der Waals surface area contributed by atoms with Gasteiger partial charge in [-0.1, -0.05) is 30.3 Å². The summed E-state index contributed by atoms with van der Waals surface area (Å²) in [5, 5.41) is 9.10. The number of nitrogens with one attached hydrogen (secondary N) is 1. The molecular formula is C14H18N2O4. The van der Waals surface area contributed by atoms with Crippen LogP contribution in [0.25, 0.3) is 0 Å². The Bertz CT molecular complexity index is 464. The molecule has 2 amide bonds. The first-order chi connectivity index (χ1) is 9.68. The molecule has 0 radical (unpaired) electrons. The zero-order valence-electron chi connectivity index (χ0n) is 11.1. The zero-order chi connectivity index (χ0) is 14.4. The fourth-order valence-electron chi connectivity index (χ4n) is 2.25. The molecule has 1 aliphatic rings. The summed E-state index contributed by atoms with van der Waals surface area (Å²) < 4.78 is 0. The van der Waals surface area contributed by atoms with Gasteiger partial charge >= 0.3 is 12.0 Å². The van der Waals surface area contributed by atoms with Crippen LogP contribution in [-0.4, -0.2) is 34.6 Å². The van der Waals surface area contributed by atoms with Crippen molar-refractivity contribution in [2.45, 2.75) is 31.9 Å². The maximum Gasteiger partial charge on any atom is 0.342 e. The van der Waals surface area contributed by atoms with Crippen molar-refractivity contribution < 1.29 is 19.5 Å². The molecule has 1 atom stereocenters. The van der Waals surface area contributed by atoms with Gasteiger partial charge in [0.1, 0.15) is 6.04 Å². The molecule has 1 aromatic rings. The van der Waals surface area contributed by atoms with Gasteiger partial charge < -0.3 is 10.0 Å². The van der Waals surface area contributed by atoms with Gasteiger partial charge in [-0.3, -0.25) is 4.84 Å². The number of urea groups is 1. The van der Waals surface area contributed by atoms with Crippen LogP contribution >= 0.6 is 0 Å². The van der Waals surface area contributed by atoms with E-state index < -0.39 is 18.0 Å². The lowest BCUT2D eigenvalue weighted by Crippen LogP contribution is -2.51. The SMILES string of the molecule is O=C(O)[C@H]1CCCCN1C(=O)NOCc1ccccc1. The van der Waals surface area contributed by atoms with E-state index in [9.17, 15) is 9.59 Å². The number of nitrogens with zero attached hydrogens (tertiary/aromatic N) is 1. The predicted molar refractivity (Wildman–Crippen MR) is 71.7 cm³/mol. The summed E-state index contributed by atoms with van der Waals surface area (Å²) in [6, 6.07) is 8.17. The molecule has 0 aliphatic carbocycles. The second-order valence-electron chi connectivity index (χ2n) is 4.72. The number of carboxylic acid groups (broad SMARTS) is 1. The maximum absolute atomic E-state index is 11.9. The Hall–Kier alpha value is -2.08. The highest BCUT2D eigenvalue weighted by Gasteiger charge is 2.31. The van der Waals surface area contributed by atoms with E-state index in [4.69, 9.17) is 9.94 Å². The Kier molecular flexibility index (Phi) is 4.95. The summed E-state index contributed by atoms with van der Waals surface area (Å²) in [6.45, 7) is 0.690. The van der Waals surface area contributed by atoms with Crippen molar-refractivity contribution in [1.29, 1.82) is 0 Å². The summed E-state index contributed by atoms with van der Waals surface area (Å²) in [4.78, 5) is 29.5. The number of piperidine rings is 1. The zero-order valence-corrected chi connectivity index (χ0v) is 11.1. The first-order valence-electron chi connectivity index (χ1n) is 6.63. The molecule has 0 spiro atoms. The van der Waals surface area contributed by atoms with Crippen molar-refractivity contribution in [2.75, 3.05) is 6.54 Å². The Balaban J connectivity index is 1.83. The molecule has 6 nitrogen and oxygen atoms in total. The van der Waals surface area contributed by atoms with Crippen molar-refractivity contribution in [3.05, 3.63) is 35.9 Å². The number of aliphatic carboxylic acids is 1. The predicted octanol–water partition coefficient (Wildman–Crippen LogP) is 1.77. The number of rotatable bonds is 4. The van der Waals surface area contributed by atoms with E-state index in [2.05, 4.69) is 5.48 Å². The number of carboxylic acids is 1. The lowest BCUT2D eigenvalue weighted by atomic mass is 10.0. The van der Waals surface area contributed by atoms with E-state index in [1.807, 2.05) is 30.3 Å². The average molecular weight is 278 g/mol. The van der Waals surface area contributed by atoms with Crippen LogP contribution in [0.4, 0.5) is 4.79 Å². The summed E-state index contributed by atoms with van der Waals surface area (Å²) in [5.41, 5.74) is 3.24. The van der Waals surface area contributed by atoms with E-state index in [1.165, 1.54) is 4.90 Å². The van der Waals surface area contributed by atoms with E-state index in [0.29, 0.717) is 13.0 Å². The number of carbonyl (C=O) groups is 2. The van der Waals surface area contributed by atoms with Gasteiger partial charge in [0.15, 0.2) is 0 Å². The number of hydroxylamine groups is 1. The van der Waals surface area contributed by atoms with Crippen molar-refractivity contribution in [2.24, 2.45) is 0 Å². The molecule has 1 aliphatic heterocycles. The first-order valence-corrected chi connectivity index (χ1v) is 6.63. The Morgan fingerprint density at radius 2 is 2.05 bits per heavy atom. The molecule has 0 aromatic heterocycles. The second-order valence-corrected chi connectivity index (χ2v) is 4.72. The van der Waals surface area contributed by atoms with Crippen LogP contribution in [0.1, 0.15) is 24.8 Å². The van der Waals surface area contributed by atoms with Crippen LogP contribution in [0.3, 0.4) is 0 Å². The normalized spacial score (nSPS) is 18.6. The van der Waals surface area contributed by atoms with Gasteiger partial charge in [0.25, 0.3) is 0 Å². The van der Waals surface area contributed by atoms with Crippen molar-refractivity contribution >= 4 is 12.0 Å². The molecule has 1 fully saturated rings. The van der Waals surface area contributed by atoms with Gasteiger partial charge in [-0.05, 0) is 24.8 Å². The third-order valence-corrected chi connectivity index (χ3v) is 3.29. The second kappa shape index (κ2) is 6.91. The summed E-state index contributed by atoms with van der Waals surface area (Å²) in [5.74, 6) is -0.970. The van der Waals surface area contributed by atoms with Gasteiger partial charge in [0.2, 0.25) is 0 Å². The minimum atomic E-state index is -0.970. The third-order valence-electron chi connectivity index (χ3n) is 3.29. The highest BCUT2D eigenvalue weighted by molar-refractivity contribution is 5.82. The molecule has 2 rings (SSSR count). The first kappa shape index (κ1) is 14.3. The Labute approximate surface area is 117 Å². The molecule has 0 saturated carbocycles. The molecule has 2 N–H and O–H groups in total. The molecule has 1 saturated heterocycles. The van der Waals surface area contributed by atoms with Crippen LogP contribution in [0, 0.1) is 0 Å². The van der Waals surface area contributed by atoms with Gasteiger partial charge in [0.05, 0.1) is 6.61 Å². The summed E-state index contributed by atoms with van der Waals surface area (Å²) in [6.07, 6.45) is 2.13. The molecule has 20 heavy (non-hydrogen) atoms. The van der Waals surface area contributed by atoms with E-state index in [-0.39, 0.29) is 6.61 Å². The van der Waals surface area contributed by atoms with E-state index in [0.717, 1.165) is 18.4 Å². The fraction of sp³-hybridized carbons (Fsp3) is 0.429. The topological polar surface area (TPSA) is 78.9 Å². The van der Waals surface area contributed by atoms with Crippen LogP contribution in [0.15, 0.2) is 30.3 Å². The highest BCUT2D eigenvalue weighted by atomic mass is 16.7. The largest absolute Gasteiger partial charge is 0.480 e. The molecule has 0 bridgehead atoms. The van der Waals surface area contributed by atoms with Gasteiger partial charge in [-0.2, -0.15) is 0 Å². The monoisotopic (exact) mass is 278 g/mol. The van der Waals surface area contributed by atoms with Crippen LogP contribution in [-0.2, 0) is 16.2 Å². The minimum Gasteiger partial charge on any atom is -0.480 e.